The number of hydrogen-bond acceptors (Lipinski definition) is 5. The normalized spacial score (nSPS) is 12.9. The Bertz CT molecular complexity index is 3110. The molecule has 0 saturated carbocycles. The maximum Gasteiger partial charge on any atom is 0.227 e. The Labute approximate surface area is 330 Å². The maximum atomic E-state index is 6.87. The van der Waals surface area contributed by atoms with Crippen molar-refractivity contribution in [3.05, 3.63) is 199 Å². The molecule has 272 valence electrons. The first-order chi connectivity index (χ1) is 28.0. The van der Waals surface area contributed by atoms with Gasteiger partial charge in [0.2, 0.25) is 5.89 Å². The van der Waals surface area contributed by atoms with E-state index in [9.17, 15) is 0 Å². The molecule has 8 aromatic carbocycles. The minimum absolute atomic E-state index is 0.160. The summed E-state index contributed by atoms with van der Waals surface area (Å²) in [4.78, 5) is 9.85. The van der Waals surface area contributed by atoms with Crippen LogP contribution in [0.15, 0.2) is 197 Å². The highest BCUT2D eigenvalue weighted by atomic mass is 16.3. The van der Waals surface area contributed by atoms with E-state index in [1.807, 2.05) is 54.6 Å². The van der Waals surface area contributed by atoms with Crippen LogP contribution in [0.3, 0.4) is 0 Å². The van der Waals surface area contributed by atoms with Crippen LogP contribution in [-0.4, -0.2) is 4.98 Å². The van der Waals surface area contributed by atoms with Crippen LogP contribution in [0.4, 0.5) is 34.1 Å². The molecule has 10 aromatic rings. The minimum atomic E-state index is -0.160. The lowest BCUT2D eigenvalue weighted by Gasteiger charge is -2.30. The van der Waals surface area contributed by atoms with Crippen LogP contribution >= 0.6 is 0 Å². The minimum Gasteiger partial charge on any atom is -0.456 e. The van der Waals surface area contributed by atoms with Crippen LogP contribution in [0.5, 0.6) is 0 Å². The van der Waals surface area contributed by atoms with Crippen LogP contribution < -0.4 is 9.80 Å². The van der Waals surface area contributed by atoms with Crippen molar-refractivity contribution in [1.29, 1.82) is 0 Å². The Hall–Kier alpha value is -7.37. The van der Waals surface area contributed by atoms with Crippen molar-refractivity contribution in [2.75, 3.05) is 9.80 Å². The highest BCUT2D eigenvalue weighted by Gasteiger charge is 2.36. The highest BCUT2D eigenvalue weighted by molar-refractivity contribution is 6.14. The summed E-state index contributed by atoms with van der Waals surface area (Å²) in [5, 5.41) is 2.07. The SMILES string of the molecule is CC1(C)c2ccccc2-c2ccc(N(c3ccccc3)c3cc(N(c4ccccc4)c4cccc5oc6ccccc6c45)c4oc(-c5ccccc5)nc4c3)cc21. The molecular formula is C52H37N3O2. The van der Waals surface area contributed by atoms with Crippen molar-refractivity contribution in [3.63, 3.8) is 0 Å². The number of benzene rings is 8. The van der Waals surface area contributed by atoms with E-state index in [-0.39, 0.29) is 5.41 Å². The van der Waals surface area contributed by atoms with E-state index < -0.39 is 0 Å². The first-order valence-corrected chi connectivity index (χ1v) is 19.4. The molecule has 0 atom stereocenters. The Morgan fingerprint density at radius 3 is 1.89 bits per heavy atom. The fourth-order valence-electron chi connectivity index (χ4n) is 8.78. The van der Waals surface area contributed by atoms with Gasteiger partial charge in [0.25, 0.3) is 0 Å². The third-order valence-electron chi connectivity index (χ3n) is 11.5. The molecule has 2 aromatic heterocycles. The third kappa shape index (κ3) is 5.27. The summed E-state index contributed by atoms with van der Waals surface area (Å²) in [5.41, 5.74) is 15.0. The first kappa shape index (κ1) is 33.0. The Balaban J connectivity index is 1.20. The molecule has 0 N–H and O–H groups in total. The van der Waals surface area contributed by atoms with E-state index >= 15 is 0 Å². The molecule has 0 radical (unpaired) electrons. The average Bonchev–Trinajstić information content (AvgIpc) is 3.93. The number of hydrogen-bond donors (Lipinski definition) is 0. The lowest BCUT2D eigenvalue weighted by molar-refractivity contribution is 0.620. The van der Waals surface area contributed by atoms with Crippen molar-refractivity contribution < 1.29 is 8.83 Å². The first-order valence-electron chi connectivity index (χ1n) is 19.4. The second kappa shape index (κ2) is 12.9. The van der Waals surface area contributed by atoms with Gasteiger partial charge in [-0.1, -0.05) is 123 Å². The Morgan fingerprint density at radius 1 is 0.456 bits per heavy atom. The smallest absolute Gasteiger partial charge is 0.227 e. The van der Waals surface area contributed by atoms with E-state index in [0.29, 0.717) is 11.5 Å². The predicted molar refractivity (Wildman–Crippen MR) is 234 cm³/mol. The zero-order valence-corrected chi connectivity index (χ0v) is 31.6. The van der Waals surface area contributed by atoms with E-state index in [2.05, 4.69) is 157 Å². The van der Waals surface area contributed by atoms with Crippen molar-refractivity contribution in [2.24, 2.45) is 0 Å². The molecule has 1 aliphatic carbocycles. The van der Waals surface area contributed by atoms with Gasteiger partial charge in [-0.15, -0.1) is 0 Å². The van der Waals surface area contributed by atoms with E-state index in [4.69, 9.17) is 13.8 Å². The van der Waals surface area contributed by atoms with Gasteiger partial charge in [-0.25, -0.2) is 4.98 Å². The van der Waals surface area contributed by atoms with Crippen LogP contribution in [0, 0.1) is 0 Å². The van der Waals surface area contributed by atoms with E-state index in [1.165, 1.54) is 22.3 Å². The number of aromatic nitrogens is 1. The molecule has 1 aliphatic rings. The van der Waals surface area contributed by atoms with Gasteiger partial charge in [0, 0.05) is 33.4 Å². The van der Waals surface area contributed by atoms with Gasteiger partial charge in [-0.05, 0) is 101 Å². The lowest BCUT2D eigenvalue weighted by Crippen LogP contribution is -2.17. The van der Waals surface area contributed by atoms with Crippen LogP contribution in [0.2, 0.25) is 0 Å². The monoisotopic (exact) mass is 735 g/mol. The van der Waals surface area contributed by atoms with Gasteiger partial charge in [-0.2, -0.15) is 0 Å². The average molecular weight is 736 g/mol. The van der Waals surface area contributed by atoms with Gasteiger partial charge < -0.3 is 18.6 Å². The van der Waals surface area contributed by atoms with Crippen molar-refractivity contribution in [2.45, 2.75) is 19.3 Å². The fraction of sp³-hybridized carbons (Fsp3) is 0.0577. The van der Waals surface area contributed by atoms with Crippen LogP contribution in [0.1, 0.15) is 25.0 Å². The number of fused-ring (bicyclic) bond motifs is 7. The molecule has 0 saturated heterocycles. The lowest BCUT2D eigenvalue weighted by atomic mass is 9.82. The largest absolute Gasteiger partial charge is 0.456 e. The molecule has 0 aliphatic heterocycles. The van der Waals surface area contributed by atoms with Crippen molar-refractivity contribution >= 4 is 67.2 Å². The molecule has 0 amide bonds. The zero-order chi connectivity index (χ0) is 38.1. The van der Waals surface area contributed by atoms with Gasteiger partial charge in [0.1, 0.15) is 16.7 Å². The molecule has 0 bridgehead atoms. The second-order valence-electron chi connectivity index (χ2n) is 15.2. The molecular weight excluding hydrogens is 699 g/mol. The summed E-state index contributed by atoms with van der Waals surface area (Å²) in [6.07, 6.45) is 0. The van der Waals surface area contributed by atoms with E-state index in [1.54, 1.807) is 0 Å². The molecule has 5 heteroatoms. The van der Waals surface area contributed by atoms with E-state index in [0.717, 1.165) is 67.1 Å². The molecule has 0 unspecified atom stereocenters. The summed E-state index contributed by atoms with van der Waals surface area (Å²) in [6, 6.07) is 65.8. The quantitative estimate of drug-likeness (QED) is 0.163. The summed E-state index contributed by atoms with van der Waals surface area (Å²) in [5.74, 6) is 0.562. The van der Waals surface area contributed by atoms with Gasteiger partial charge in [-0.3, -0.25) is 0 Å². The summed E-state index contributed by atoms with van der Waals surface area (Å²) < 4.78 is 13.3. The molecule has 0 spiro atoms. The van der Waals surface area contributed by atoms with Crippen molar-refractivity contribution in [3.8, 4) is 22.6 Å². The number of anilines is 6. The summed E-state index contributed by atoms with van der Waals surface area (Å²) >= 11 is 0. The summed E-state index contributed by atoms with van der Waals surface area (Å²) in [7, 11) is 0. The number of rotatable bonds is 7. The van der Waals surface area contributed by atoms with Crippen molar-refractivity contribution in [1.82, 2.24) is 4.98 Å². The standard InChI is InChI=1S/C52H37N3O2/c1-52(2)42-25-14-12-23-39(42)40-30-29-37(31-43(40)52)54(35-19-8-4-9-20-35)38-32-44-50(57-51(53-44)34-17-6-3-7-18-34)46(33-38)55(36-21-10-5-11-22-36)45-26-16-28-48-49(45)41-24-13-15-27-47(41)56-48/h3-33H,1-2H3. The highest BCUT2D eigenvalue weighted by Crippen LogP contribution is 2.52. The predicted octanol–water partition coefficient (Wildman–Crippen LogP) is 14.6. The Kier molecular flexibility index (Phi) is 7.45. The molecule has 57 heavy (non-hydrogen) atoms. The van der Waals surface area contributed by atoms with Gasteiger partial charge in [0.15, 0.2) is 5.58 Å². The maximum absolute atomic E-state index is 6.87. The topological polar surface area (TPSA) is 45.7 Å². The molecule has 5 nitrogen and oxygen atoms in total. The molecule has 2 heterocycles. The molecule has 0 fully saturated rings. The van der Waals surface area contributed by atoms with Crippen LogP contribution in [0.25, 0.3) is 55.6 Å². The zero-order valence-electron chi connectivity index (χ0n) is 31.6. The fourth-order valence-corrected chi connectivity index (χ4v) is 8.78. The number of furan rings is 1. The molecule has 11 rings (SSSR count). The van der Waals surface area contributed by atoms with Crippen LogP contribution in [-0.2, 0) is 5.41 Å². The number of nitrogens with zero attached hydrogens (tertiary/aromatic N) is 3. The van der Waals surface area contributed by atoms with Gasteiger partial charge >= 0.3 is 0 Å². The van der Waals surface area contributed by atoms with Gasteiger partial charge in [0.05, 0.1) is 22.4 Å². The third-order valence-corrected chi connectivity index (χ3v) is 11.5. The second-order valence-corrected chi connectivity index (χ2v) is 15.2. The number of oxazole rings is 1. The summed E-state index contributed by atoms with van der Waals surface area (Å²) in [6.45, 7) is 4.66. The Morgan fingerprint density at radius 2 is 1.11 bits per heavy atom. The number of para-hydroxylation sites is 3.